The van der Waals surface area contributed by atoms with E-state index >= 15 is 0 Å². The minimum atomic E-state index is 0.0272. The summed E-state index contributed by atoms with van der Waals surface area (Å²) in [5, 5.41) is 10.5. The second-order valence-corrected chi connectivity index (χ2v) is 6.98. The Labute approximate surface area is 106 Å². The first-order valence-electron chi connectivity index (χ1n) is 7.73. The Morgan fingerprint density at radius 1 is 0.882 bits per heavy atom. The summed E-state index contributed by atoms with van der Waals surface area (Å²) in [5.74, 6) is 1.26. The zero-order chi connectivity index (χ0) is 11.9. The van der Waals surface area contributed by atoms with Gasteiger partial charge in [0.15, 0.2) is 0 Å². The van der Waals surface area contributed by atoms with Gasteiger partial charge in [0.05, 0.1) is 32.3 Å². The fourth-order valence-electron chi connectivity index (χ4n) is 4.98. The zero-order valence-electron chi connectivity index (χ0n) is 11.3. The Morgan fingerprint density at radius 3 is 2.41 bits per heavy atom. The SMILES string of the molecule is C[N+]1([C@@H]2CC[C@@H]3CCC[C@H]2[C@@H]3O)CCCCC1. The van der Waals surface area contributed by atoms with Crippen molar-refractivity contribution < 1.29 is 9.59 Å². The second kappa shape index (κ2) is 4.55. The van der Waals surface area contributed by atoms with E-state index in [1.54, 1.807) is 0 Å². The lowest BCUT2D eigenvalue weighted by molar-refractivity contribution is -0.943. The van der Waals surface area contributed by atoms with Crippen molar-refractivity contribution in [3.8, 4) is 0 Å². The molecule has 0 aromatic carbocycles. The van der Waals surface area contributed by atoms with Crippen LogP contribution in [0.25, 0.3) is 0 Å². The summed E-state index contributed by atoms with van der Waals surface area (Å²) in [6.07, 6.45) is 10.9. The maximum Gasteiger partial charge on any atom is 0.0941 e. The van der Waals surface area contributed by atoms with E-state index in [-0.39, 0.29) is 6.10 Å². The van der Waals surface area contributed by atoms with Crippen LogP contribution in [0, 0.1) is 11.8 Å². The predicted octanol–water partition coefficient (Wildman–Crippen LogP) is 2.56. The van der Waals surface area contributed by atoms with Crippen LogP contribution in [0.5, 0.6) is 0 Å². The van der Waals surface area contributed by atoms with Gasteiger partial charge in [0.1, 0.15) is 0 Å². The van der Waals surface area contributed by atoms with Crippen molar-refractivity contribution in [3.63, 3.8) is 0 Å². The average Bonchev–Trinajstić information content (AvgIpc) is 2.29. The molecule has 17 heavy (non-hydrogen) atoms. The number of likely N-dealkylation sites (tertiary alicyclic amines) is 1. The molecule has 0 aromatic rings. The maximum atomic E-state index is 10.5. The van der Waals surface area contributed by atoms with Gasteiger partial charge in [0.2, 0.25) is 0 Å². The van der Waals surface area contributed by atoms with E-state index in [1.165, 1.54) is 68.9 Å². The summed E-state index contributed by atoms with van der Waals surface area (Å²) in [7, 11) is 2.46. The minimum absolute atomic E-state index is 0.0272. The molecule has 1 N–H and O–H groups in total. The molecule has 1 heterocycles. The first-order chi connectivity index (χ1) is 8.21. The highest BCUT2D eigenvalue weighted by molar-refractivity contribution is 4.92. The number of piperidine rings is 1. The maximum absolute atomic E-state index is 10.5. The number of quaternary nitrogens is 1. The van der Waals surface area contributed by atoms with Crippen molar-refractivity contribution in [2.45, 2.75) is 63.5 Å². The van der Waals surface area contributed by atoms with Gasteiger partial charge >= 0.3 is 0 Å². The Balaban J connectivity index is 1.77. The first-order valence-corrected chi connectivity index (χ1v) is 7.73. The van der Waals surface area contributed by atoms with Gasteiger partial charge in [-0.25, -0.2) is 0 Å². The van der Waals surface area contributed by atoms with Crippen LogP contribution in [-0.4, -0.2) is 41.9 Å². The fraction of sp³-hybridized carbons (Fsp3) is 1.00. The summed E-state index contributed by atoms with van der Waals surface area (Å²) in [4.78, 5) is 0. The van der Waals surface area contributed by atoms with E-state index in [1.807, 2.05) is 0 Å². The van der Waals surface area contributed by atoms with Gasteiger partial charge in [-0.3, -0.25) is 0 Å². The lowest BCUT2D eigenvalue weighted by Crippen LogP contribution is -2.62. The normalized spacial score (nSPS) is 45.5. The third kappa shape index (κ3) is 2.04. The molecule has 2 heteroatoms. The number of hydrogen-bond donors (Lipinski definition) is 1. The summed E-state index contributed by atoms with van der Waals surface area (Å²) in [6, 6.07) is 0.766. The largest absolute Gasteiger partial charge is 0.392 e. The predicted molar refractivity (Wildman–Crippen MR) is 69.6 cm³/mol. The molecule has 1 aliphatic heterocycles. The van der Waals surface area contributed by atoms with E-state index in [2.05, 4.69) is 7.05 Å². The van der Waals surface area contributed by atoms with E-state index < -0.39 is 0 Å². The molecule has 0 unspecified atom stereocenters. The molecule has 0 radical (unpaired) electrons. The molecule has 0 amide bonds. The summed E-state index contributed by atoms with van der Waals surface area (Å²) < 4.78 is 1.27. The molecule has 2 aliphatic carbocycles. The van der Waals surface area contributed by atoms with E-state index in [0.29, 0.717) is 11.8 Å². The van der Waals surface area contributed by atoms with Crippen molar-refractivity contribution in [2.24, 2.45) is 11.8 Å². The van der Waals surface area contributed by atoms with Crippen LogP contribution in [0.1, 0.15) is 51.4 Å². The molecule has 0 spiro atoms. The molecule has 2 bridgehead atoms. The van der Waals surface area contributed by atoms with Crippen molar-refractivity contribution in [2.75, 3.05) is 20.1 Å². The van der Waals surface area contributed by atoms with Gasteiger partial charge in [0.25, 0.3) is 0 Å². The Morgan fingerprint density at radius 2 is 1.65 bits per heavy atom. The number of fused-ring (bicyclic) bond motifs is 2. The first kappa shape index (κ1) is 12.0. The molecule has 4 atom stereocenters. The third-order valence-corrected chi connectivity index (χ3v) is 6.00. The Bertz CT molecular complexity index is 272. The molecular formula is C15H28NO+. The van der Waals surface area contributed by atoms with Crippen LogP contribution in [0.2, 0.25) is 0 Å². The number of aliphatic hydroxyl groups is 1. The molecule has 0 aromatic heterocycles. The standard InChI is InChI=1S/C15H28NO/c1-16(10-3-2-4-11-16)14-9-8-12-6-5-7-13(14)15(12)17/h12-15,17H,2-11H2,1H3/q+1/t12-,13+,14+,15+/m0/s1. The zero-order valence-corrected chi connectivity index (χ0v) is 11.3. The van der Waals surface area contributed by atoms with E-state index in [4.69, 9.17) is 0 Å². The summed E-state index contributed by atoms with van der Waals surface area (Å²) >= 11 is 0. The highest BCUT2D eigenvalue weighted by Crippen LogP contribution is 2.44. The molecular weight excluding hydrogens is 210 g/mol. The second-order valence-electron chi connectivity index (χ2n) is 6.98. The summed E-state index contributed by atoms with van der Waals surface area (Å²) in [5.41, 5.74) is 0. The molecule has 1 saturated heterocycles. The molecule has 2 nitrogen and oxygen atoms in total. The lowest BCUT2D eigenvalue weighted by Gasteiger charge is -2.53. The van der Waals surface area contributed by atoms with Crippen LogP contribution >= 0.6 is 0 Å². The Kier molecular flexibility index (Phi) is 3.20. The van der Waals surface area contributed by atoms with E-state index in [0.717, 1.165) is 6.04 Å². The van der Waals surface area contributed by atoms with Gasteiger partial charge in [-0.1, -0.05) is 6.42 Å². The van der Waals surface area contributed by atoms with Gasteiger partial charge in [-0.15, -0.1) is 0 Å². The van der Waals surface area contributed by atoms with Gasteiger partial charge in [-0.2, -0.15) is 0 Å². The molecule has 2 saturated carbocycles. The highest BCUT2D eigenvalue weighted by atomic mass is 16.3. The highest BCUT2D eigenvalue weighted by Gasteiger charge is 2.48. The van der Waals surface area contributed by atoms with E-state index in [9.17, 15) is 5.11 Å². The van der Waals surface area contributed by atoms with Gasteiger partial charge < -0.3 is 9.59 Å². The van der Waals surface area contributed by atoms with Crippen LogP contribution in [0.3, 0.4) is 0 Å². The van der Waals surface area contributed by atoms with Crippen LogP contribution in [-0.2, 0) is 0 Å². The average molecular weight is 238 g/mol. The molecule has 3 fully saturated rings. The molecule has 98 valence electrons. The quantitative estimate of drug-likeness (QED) is 0.696. The van der Waals surface area contributed by atoms with Crippen molar-refractivity contribution in [3.05, 3.63) is 0 Å². The third-order valence-electron chi connectivity index (χ3n) is 6.00. The van der Waals surface area contributed by atoms with Crippen molar-refractivity contribution in [1.82, 2.24) is 0 Å². The Hall–Kier alpha value is -0.0800. The van der Waals surface area contributed by atoms with Crippen LogP contribution in [0.4, 0.5) is 0 Å². The number of nitrogens with zero attached hydrogens (tertiary/aromatic N) is 1. The van der Waals surface area contributed by atoms with Gasteiger partial charge in [-0.05, 0) is 44.4 Å². The monoisotopic (exact) mass is 238 g/mol. The molecule has 3 aliphatic rings. The summed E-state index contributed by atoms with van der Waals surface area (Å²) in [6.45, 7) is 2.72. The lowest BCUT2D eigenvalue weighted by atomic mass is 9.66. The number of aliphatic hydroxyl groups excluding tert-OH is 1. The minimum Gasteiger partial charge on any atom is -0.392 e. The van der Waals surface area contributed by atoms with Crippen molar-refractivity contribution >= 4 is 0 Å². The topological polar surface area (TPSA) is 20.2 Å². The molecule has 3 rings (SSSR count). The number of rotatable bonds is 1. The smallest absolute Gasteiger partial charge is 0.0941 e. The van der Waals surface area contributed by atoms with Crippen LogP contribution in [0.15, 0.2) is 0 Å². The number of hydrogen-bond acceptors (Lipinski definition) is 1. The fourth-order valence-corrected chi connectivity index (χ4v) is 4.98. The van der Waals surface area contributed by atoms with Gasteiger partial charge in [0, 0.05) is 12.3 Å². The van der Waals surface area contributed by atoms with Crippen LogP contribution < -0.4 is 0 Å². The van der Waals surface area contributed by atoms with Crippen molar-refractivity contribution in [1.29, 1.82) is 0 Å².